The molecule has 0 saturated carbocycles. The Kier molecular flexibility index (Phi) is 4.27. The van der Waals surface area contributed by atoms with Crippen molar-refractivity contribution in [1.29, 1.82) is 0 Å². The minimum atomic E-state index is -0.119. The van der Waals surface area contributed by atoms with E-state index in [-0.39, 0.29) is 5.82 Å². The fourth-order valence-electron chi connectivity index (χ4n) is 1.92. The molecule has 1 aromatic carbocycles. The second kappa shape index (κ2) is 5.52. The van der Waals surface area contributed by atoms with Gasteiger partial charge < -0.3 is 0 Å². The van der Waals surface area contributed by atoms with E-state index < -0.39 is 0 Å². The van der Waals surface area contributed by atoms with Crippen LogP contribution in [0.25, 0.3) is 0 Å². The Balaban J connectivity index is 2.02. The largest absolute Gasteiger partial charge is 0.298 e. The highest BCUT2D eigenvalue weighted by Crippen LogP contribution is 2.23. The van der Waals surface area contributed by atoms with E-state index in [1.165, 1.54) is 24.0 Å². The van der Waals surface area contributed by atoms with Crippen LogP contribution < -0.4 is 0 Å². The molecule has 1 unspecified atom stereocenters. The number of benzene rings is 1. The molecule has 2 rings (SSSR count). The van der Waals surface area contributed by atoms with Crippen molar-refractivity contribution in [3.05, 3.63) is 34.1 Å². The zero-order valence-electron chi connectivity index (χ0n) is 9.25. The summed E-state index contributed by atoms with van der Waals surface area (Å²) in [5, 5.41) is 0. The van der Waals surface area contributed by atoms with Gasteiger partial charge in [-0.3, -0.25) is 4.90 Å². The van der Waals surface area contributed by atoms with Crippen LogP contribution in [0, 0.1) is 5.82 Å². The second-order valence-electron chi connectivity index (χ2n) is 4.17. The summed E-state index contributed by atoms with van der Waals surface area (Å²) in [4.78, 5) is 2.26. The number of hydrogen-bond acceptors (Lipinski definition) is 2. The lowest BCUT2D eigenvalue weighted by Gasteiger charge is -2.23. The smallest absolute Gasteiger partial charge is 0.128 e. The molecular formula is C12H15BrFNS. The molecule has 1 fully saturated rings. The topological polar surface area (TPSA) is 3.24 Å². The molecule has 16 heavy (non-hydrogen) atoms. The number of halogens is 2. The summed E-state index contributed by atoms with van der Waals surface area (Å²) in [7, 11) is 2.08. The molecule has 1 saturated heterocycles. The lowest BCUT2D eigenvalue weighted by Crippen LogP contribution is -2.31. The first-order valence-electron chi connectivity index (χ1n) is 5.39. The maximum Gasteiger partial charge on any atom is 0.128 e. The molecule has 0 amide bonds. The minimum absolute atomic E-state index is 0.119. The van der Waals surface area contributed by atoms with Crippen molar-refractivity contribution in [3.8, 4) is 0 Å². The van der Waals surface area contributed by atoms with Crippen molar-refractivity contribution in [2.75, 3.05) is 18.6 Å². The molecular weight excluding hydrogens is 289 g/mol. The van der Waals surface area contributed by atoms with E-state index in [0.29, 0.717) is 12.6 Å². The van der Waals surface area contributed by atoms with Crippen LogP contribution in [0.2, 0.25) is 0 Å². The highest BCUT2D eigenvalue weighted by molar-refractivity contribution is 9.10. The normalized spacial score (nSPS) is 20.6. The number of hydrogen-bond donors (Lipinski definition) is 0. The van der Waals surface area contributed by atoms with Crippen LogP contribution in [-0.2, 0) is 6.54 Å². The Hall–Kier alpha value is -0.0600. The van der Waals surface area contributed by atoms with Crippen molar-refractivity contribution in [2.45, 2.75) is 19.0 Å². The van der Waals surface area contributed by atoms with E-state index in [9.17, 15) is 4.39 Å². The van der Waals surface area contributed by atoms with Crippen LogP contribution in [0.4, 0.5) is 4.39 Å². The maximum absolute atomic E-state index is 13.6. The predicted octanol–water partition coefficient (Wildman–Crippen LogP) is 3.53. The van der Waals surface area contributed by atoms with Gasteiger partial charge in [0.2, 0.25) is 0 Å². The molecule has 1 aliphatic heterocycles. The molecule has 1 heterocycles. The molecule has 1 aromatic rings. The third kappa shape index (κ3) is 2.99. The fraction of sp³-hybridized carbons (Fsp3) is 0.500. The Bertz CT molecular complexity index is 366. The standard InChI is InChI=1S/C12H15BrFNS/c1-15(11-4-5-16-8-11)7-9-2-3-10(13)6-12(9)14/h2-3,6,11H,4-5,7-8H2,1H3. The average molecular weight is 304 g/mol. The molecule has 0 radical (unpaired) electrons. The van der Waals surface area contributed by atoms with Gasteiger partial charge in [-0.1, -0.05) is 22.0 Å². The van der Waals surface area contributed by atoms with Crippen LogP contribution in [0.15, 0.2) is 22.7 Å². The van der Waals surface area contributed by atoms with Crippen LogP contribution in [-0.4, -0.2) is 29.5 Å². The number of nitrogens with zero attached hydrogens (tertiary/aromatic N) is 1. The molecule has 1 atom stereocenters. The summed E-state index contributed by atoms with van der Waals surface area (Å²) in [6.07, 6.45) is 1.22. The first-order chi connectivity index (χ1) is 7.66. The van der Waals surface area contributed by atoms with Gasteiger partial charge in [0.05, 0.1) is 0 Å². The summed E-state index contributed by atoms with van der Waals surface area (Å²) in [5.74, 6) is 2.29. The van der Waals surface area contributed by atoms with Crippen LogP contribution in [0.1, 0.15) is 12.0 Å². The van der Waals surface area contributed by atoms with Crippen molar-refractivity contribution in [2.24, 2.45) is 0 Å². The number of thioether (sulfide) groups is 1. The SMILES string of the molecule is CN(Cc1ccc(Br)cc1F)C1CCSC1. The van der Waals surface area contributed by atoms with Gasteiger partial charge in [-0.2, -0.15) is 11.8 Å². The van der Waals surface area contributed by atoms with E-state index in [4.69, 9.17) is 0 Å². The molecule has 0 N–H and O–H groups in total. The van der Waals surface area contributed by atoms with Gasteiger partial charge in [0.25, 0.3) is 0 Å². The third-order valence-electron chi connectivity index (χ3n) is 2.96. The van der Waals surface area contributed by atoms with E-state index in [1.807, 2.05) is 23.9 Å². The zero-order chi connectivity index (χ0) is 11.5. The lowest BCUT2D eigenvalue weighted by molar-refractivity contribution is 0.251. The van der Waals surface area contributed by atoms with E-state index in [1.54, 1.807) is 0 Å². The van der Waals surface area contributed by atoms with Gasteiger partial charge in [-0.25, -0.2) is 4.39 Å². The molecule has 88 valence electrons. The highest BCUT2D eigenvalue weighted by Gasteiger charge is 2.20. The molecule has 1 nitrogen and oxygen atoms in total. The van der Waals surface area contributed by atoms with Gasteiger partial charge in [0.1, 0.15) is 5.82 Å². The minimum Gasteiger partial charge on any atom is -0.298 e. The van der Waals surface area contributed by atoms with Gasteiger partial charge in [0.15, 0.2) is 0 Å². The molecule has 0 aromatic heterocycles. The number of rotatable bonds is 3. The summed E-state index contributed by atoms with van der Waals surface area (Å²) in [6, 6.07) is 5.90. The van der Waals surface area contributed by atoms with Crippen LogP contribution in [0.5, 0.6) is 0 Å². The Morgan fingerprint density at radius 1 is 1.56 bits per heavy atom. The lowest BCUT2D eigenvalue weighted by atomic mass is 10.1. The van der Waals surface area contributed by atoms with Crippen molar-refractivity contribution in [3.63, 3.8) is 0 Å². The van der Waals surface area contributed by atoms with E-state index in [0.717, 1.165) is 10.0 Å². The summed E-state index contributed by atoms with van der Waals surface area (Å²) >= 11 is 5.26. The Morgan fingerprint density at radius 3 is 3.00 bits per heavy atom. The molecule has 0 aliphatic carbocycles. The van der Waals surface area contributed by atoms with Crippen molar-refractivity contribution in [1.82, 2.24) is 4.90 Å². The molecule has 1 aliphatic rings. The van der Waals surface area contributed by atoms with Crippen molar-refractivity contribution >= 4 is 27.7 Å². The first kappa shape index (κ1) is 12.4. The average Bonchev–Trinajstić information content (AvgIpc) is 2.75. The second-order valence-corrected chi connectivity index (χ2v) is 6.23. The Labute approximate surface area is 109 Å². The van der Waals surface area contributed by atoms with Gasteiger partial charge in [0, 0.05) is 28.4 Å². The first-order valence-corrected chi connectivity index (χ1v) is 7.33. The molecule has 0 spiro atoms. The fourth-order valence-corrected chi connectivity index (χ4v) is 3.55. The van der Waals surface area contributed by atoms with Gasteiger partial charge in [-0.15, -0.1) is 0 Å². The Morgan fingerprint density at radius 2 is 2.38 bits per heavy atom. The van der Waals surface area contributed by atoms with E-state index in [2.05, 4.69) is 27.9 Å². The maximum atomic E-state index is 13.6. The highest BCUT2D eigenvalue weighted by atomic mass is 79.9. The van der Waals surface area contributed by atoms with E-state index >= 15 is 0 Å². The van der Waals surface area contributed by atoms with Crippen LogP contribution >= 0.6 is 27.7 Å². The van der Waals surface area contributed by atoms with Gasteiger partial charge >= 0.3 is 0 Å². The molecule has 4 heteroatoms. The summed E-state index contributed by atoms with van der Waals surface area (Å²) in [5.41, 5.74) is 0.780. The quantitative estimate of drug-likeness (QED) is 0.840. The summed E-state index contributed by atoms with van der Waals surface area (Å²) in [6.45, 7) is 0.699. The predicted molar refractivity (Wildman–Crippen MR) is 71.3 cm³/mol. The van der Waals surface area contributed by atoms with Gasteiger partial charge in [-0.05, 0) is 31.4 Å². The monoisotopic (exact) mass is 303 g/mol. The summed E-state index contributed by atoms with van der Waals surface area (Å²) < 4.78 is 14.4. The van der Waals surface area contributed by atoms with Crippen LogP contribution in [0.3, 0.4) is 0 Å². The third-order valence-corrected chi connectivity index (χ3v) is 4.60. The molecule has 0 bridgehead atoms. The zero-order valence-corrected chi connectivity index (χ0v) is 11.7. The van der Waals surface area contributed by atoms with Crippen molar-refractivity contribution < 1.29 is 4.39 Å².